The minimum Gasteiger partial charge on any atom is -0.377 e. The van der Waals surface area contributed by atoms with Crippen molar-refractivity contribution in [3.63, 3.8) is 0 Å². The summed E-state index contributed by atoms with van der Waals surface area (Å²) in [6.07, 6.45) is 1.69. The maximum Gasteiger partial charge on any atom is 0.260 e. The molecular weight excluding hydrogens is 302 g/mol. The Hall–Kier alpha value is -1.20. The van der Waals surface area contributed by atoms with E-state index >= 15 is 0 Å². The number of nitrogens with two attached hydrogens (primary N) is 1. The Morgan fingerprint density at radius 2 is 2.30 bits per heavy atom. The van der Waals surface area contributed by atoms with Crippen LogP contribution in [-0.2, 0) is 14.8 Å². The van der Waals surface area contributed by atoms with Crippen molar-refractivity contribution in [1.29, 1.82) is 0 Å². The molecule has 2 aromatic heterocycles. The number of ether oxygens (including phenoxy) is 1. The van der Waals surface area contributed by atoms with Gasteiger partial charge in [-0.15, -0.1) is 11.3 Å². The first-order valence-corrected chi connectivity index (χ1v) is 8.35. The fourth-order valence-corrected chi connectivity index (χ4v) is 3.68. The molecule has 0 radical (unpaired) electrons. The van der Waals surface area contributed by atoms with Crippen molar-refractivity contribution >= 4 is 32.1 Å². The van der Waals surface area contributed by atoms with Gasteiger partial charge in [0.25, 0.3) is 10.0 Å². The van der Waals surface area contributed by atoms with E-state index in [0.29, 0.717) is 11.6 Å². The molecule has 4 N–H and O–H groups in total. The minimum absolute atomic E-state index is 0.000738. The molecule has 0 unspecified atom stereocenters. The molecule has 8 nitrogen and oxygen atoms in total. The summed E-state index contributed by atoms with van der Waals surface area (Å²) < 4.78 is 33.9. The van der Waals surface area contributed by atoms with Crippen LogP contribution in [0.1, 0.15) is 13.8 Å². The summed E-state index contributed by atoms with van der Waals surface area (Å²) in [5.74, 6) is 5.45. The highest BCUT2D eigenvalue weighted by Crippen LogP contribution is 2.24. The van der Waals surface area contributed by atoms with E-state index in [1.54, 1.807) is 11.6 Å². The summed E-state index contributed by atoms with van der Waals surface area (Å²) in [5, 5.41) is 1.75. The Bertz CT molecular complexity index is 676. The Morgan fingerprint density at radius 3 is 2.95 bits per heavy atom. The number of nitrogens with zero attached hydrogens (tertiary/aromatic N) is 2. The molecule has 0 bridgehead atoms. The van der Waals surface area contributed by atoms with Crippen molar-refractivity contribution in [3.05, 3.63) is 11.6 Å². The number of hydrogen-bond acceptors (Lipinski definition) is 7. The first-order valence-electron chi connectivity index (χ1n) is 5.99. The molecule has 0 aliphatic rings. The summed E-state index contributed by atoms with van der Waals surface area (Å²) in [7, 11) is -3.72. The number of nitrogens with one attached hydrogen (secondary N) is 2. The van der Waals surface area contributed by atoms with Gasteiger partial charge in [0, 0.05) is 18.1 Å². The molecule has 0 aliphatic carbocycles. The molecule has 0 aromatic carbocycles. The Morgan fingerprint density at radius 1 is 1.55 bits per heavy atom. The second kappa shape index (κ2) is 6.06. The maximum absolute atomic E-state index is 12.3. The minimum atomic E-state index is -3.72. The van der Waals surface area contributed by atoms with Gasteiger partial charge in [-0.2, -0.15) is 4.98 Å². The van der Waals surface area contributed by atoms with Gasteiger partial charge in [0.05, 0.1) is 12.7 Å². The average molecular weight is 319 g/mol. The topological polar surface area (TPSA) is 111 Å². The van der Waals surface area contributed by atoms with Gasteiger partial charge in [-0.1, -0.05) is 0 Å². The van der Waals surface area contributed by atoms with Crippen LogP contribution in [0, 0.1) is 0 Å². The van der Waals surface area contributed by atoms with Crippen LogP contribution in [-0.4, -0.2) is 37.1 Å². The van der Waals surface area contributed by atoms with E-state index in [9.17, 15) is 8.42 Å². The van der Waals surface area contributed by atoms with Crippen LogP contribution in [0.2, 0.25) is 0 Å². The van der Waals surface area contributed by atoms with Gasteiger partial charge in [-0.25, -0.2) is 19.0 Å². The van der Waals surface area contributed by atoms with Gasteiger partial charge in [0.2, 0.25) is 5.03 Å². The zero-order valence-corrected chi connectivity index (χ0v) is 12.8. The van der Waals surface area contributed by atoms with Crippen molar-refractivity contribution in [1.82, 2.24) is 14.1 Å². The zero-order valence-electron chi connectivity index (χ0n) is 11.2. The summed E-state index contributed by atoms with van der Waals surface area (Å²) in [6.45, 7) is 4.25. The van der Waals surface area contributed by atoms with E-state index < -0.39 is 10.0 Å². The van der Waals surface area contributed by atoms with Crippen LogP contribution in [0.3, 0.4) is 0 Å². The van der Waals surface area contributed by atoms with Crippen LogP contribution in [0.5, 0.6) is 0 Å². The lowest BCUT2D eigenvalue weighted by atomic mass is 10.5. The van der Waals surface area contributed by atoms with Gasteiger partial charge < -0.3 is 10.2 Å². The number of hydrogen-bond donors (Lipinski definition) is 3. The number of imidazole rings is 1. The normalized spacial score (nSPS) is 12.4. The second-order valence-corrected chi connectivity index (χ2v) is 6.84. The lowest BCUT2D eigenvalue weighted by Crippen LogP contribution is -2.30. The molecule has 0 fully saturated rings. The number of anilines is 1. The summed E-state index contributed by atoms with van der Waals surface area (Å²) >= 11 is 1.33. The fourth-order valence-electron chi connectivity index (χ4n) is 1.65. The molecule has 2 aromatic rings. The summed E-state index contributed by atoms with van der Waals surface area (Å²) in [5.41, 5.74) is 2.31. The highest BCUT2D eigenvalue weighted by atomic mass is 32.2. The van der Waals surface area contributed by atoms with E-state index in [1.807, 2.05) is 13.8 Å². The smallest absolute Gasteiger partial charge is 0.260 e. The Labute approximate surface area is 121 Å². The Kier molecular flexibility index (Phi) is 4.60. The molecular formula is C10H17N5O3S2. The van der Waals surface area contributed by atoms with Crippen LogP contribution >= 0.6 is 11.3 Å². The maximum atomic E-state index is 12.3. The zero-order chi connectivity index (χ0) is 14.8. The third-order valence-corrected chi connectivity index (χ3v) is 4.69. The van der Waals surface area contributed by atoms with E-state index in [4.69, 9.17) is 10.6 Å². The van der Waals surface area contributed by atoms with E-state index in [2.05, 4.69) is 15.1 Å². The van der Waals surface area contributed by atoms with Crippen LogP contribution in [0.25, 0.3) is 4.96 Å². The van der Waals surface area contributed by atoms with Gasteiger partial charge in [-0.3, -0.25) is 4.40 Å². The molecule has 0 amide bonds. The molecule has 0 atom stereocenters. The highest BCUT2D eigenvalue weighted by molar-refractivity contribution is 7.89. The van der Waals surface area contributed by atoms with Gasteiger partial charge in [0.15, 0.2) is 10.8 Å². The predicted octanol–water partition coefficient (Wildman–Crippen LogP) is 0.385. The average Bonchev–Trinajstić information content (AvgIpc) is 2.93. The molecule has 10 heteroatoms. The fraction of sp³-hybridized carbons (Fsp3) is 0.500. The number of sulfonamides is 1. The van der Waals surface area contributed by atoms with E-state index in [0.717, 1.165) is 0 Å². The van der Waals surface area contributed by atoms with Gasteiger partial charge >= 0.3 is 0 Å². The third-order valence-electron chi connectivity index (χ3n) is 2.45. The van der Waals surface area contributed by atoms with Crippen LogP contribution < -0.4 is 16.0 Å². The quantitative estimate of drug-likeness (QED) is 0.387. The standard InChI is InChI=1S/C10H17N5O3S2/c1-7(2)18-5-3-12-20(16,17)9-8(14-11)13-10-15(9)4-6-19-10/h4,6-7,12,14H,3,5,11H2,1-2H3. The highest BCUT2D eigenvalue weighted by Gasteiger charge is 2.25. The lowest BCUT2D eigenvalue weighted by molar-refractivity contribution is 0.0834. The predicted molar refractivity (Wildman–Crippen MR) is 77.2 cm³/mol. The largest absolute Gasteiger partial charge is 0.377 e. The molecule has 0 spiro atoms. The van der Waals surface area contributed by atoms with E-state index in [-0.39, 0.29) is 23.5 Å². The van der Waals surface area contributed by atoms with Crippen LogP contribution in [0.15, 0.2) is 16.6 Å². The number of fused-ring (bicyclic) bond motifs is 1. The van der Waals surface area contributed by atoms with Crippen LogP contribution in [0.4, 0.5) is 5.82 Å². The number of thiazole rings is 1. The molecule has 0 saturated carbocycles. The molecule has 2 heterocycles. The molecule has 0 aliphatic heterocycles. The van der Waals surface area contributed by atoms with Gasteiger partial charge in [-0.05, 0) is 13.8 Å². The third kappa shape index (κ3) is 3.10. The first-order chi connectivity index (χ1) is 9.45. The van der Waals surface area contributed by atoms with Crippen molar-refractivity contribution in [2.24, 2.45) is 5.84 Å². The van der Waals surface area contributed by atoms with Crippen molar-refractivity contribution in [3.8, 4) is 0 Å². The van der Waals surface area contributed by atoms with Gasteiger partial charge in [0.1, 0.15) is 0 Å². The lowest BCUT2D eigenvalue weighted by Gasteiger charge is -2.09. The molecule has 2 rings (SSSR count). The van der Waals surface area contributed by atoms with Crippen molar-refractivity contribution in [2.75, 3.05) is 18.6 Å². The second-order valence-electron chi connectivity index (χ2n) is 4.28. The summed E-state index contributed by atoms with van der Waals surface area (Å²) in [4.78, 5) is 4.66. The van der Waals surface area contributed by atoms with Crippen molar-refractivity contribution in [2.45, 2.75) is 25.0 Å². The number of nitrogen functional groups attached to an aromatic ring is 1. The number of hydrazine groups is 1. The number of rotatable bonds is 7. The monoisotopic (exact) mass is 319 g/mol. The Balaban J connectivity index is 2.20. The van der Waals surface area contributed by atoms with E-state index in [1.165, 1.54) is 15.7 Å². The molecule has 0 saturated heterocycles. The molecule has 112 valence electrons. The molecule has 20 heavy (non-hydrogen) atoms. The number of aromatic nitrogens is 2. The first kappa shape index (κ1) is 15.2. The summed E-state index contributed by atoms with van der Waals surface area (Å²) in [6, 6.07) is 0. The SMILES string of the molecule is CC(C)OCCNS(=O)(=O)c1c(NN)nc2sccn12. The van der Waals surface area contributed by atoms with Crippen molar-refractivity contribution < 1.29 is 13.2 Å².